The lowest BCUT2D eigenvalue weighted by Gasteiger charge is -2.06. The van der Waals surface area contributed by atoms with Crippen molar-refractivity contribution in [2.24, 2.45) is 0 Å². The van der Waals surface area contributed by atoms with Crippen LogP contribution in [0.2, 0.25) is 0 Å². The summed E-state index contributed by atoms with van der Waals surface area (Å²) in [7, 11) is 0. The number of hydrogen-bond donors (Lipinski definition) is 0. The lowest BCUT2D eigenvalue weighted by atomic mass is 10.3. The smallest absolute Gasteiger partial charge is 0.349 e. The second kappa shape index (κ2) is 4.41. The van der Waals surface area contributed by atoms with E-state index in [0.717, 1.165) is 9.13 Å². The van der Waals surface area contributed by atoms with Gasteiger partial charge in [-0.25, -0.2) is 4.79 Å². The molecule has 0 aliphatic heterocycles. The SMILES string of the molecule is Cc1csc(C(=O)OC(C)C)c1I. The lowest BCUT2D eigenvalue weighted by Crippen LogP contribution is -2.11. The molecule has 1 heterocycles. The van der Waals surface area contributed by atoms with Gasteiger partial charge in [-0.2, -0.15) is 0 Å². The molecule has 4 heteroatoms. The fourth-order valence-electron chi connectivity index (χ4n) is 0.835. The van der Waals surface area contributed by atoms with Crippen molar-refractivity contribution in [3.8, 4) is 0 Å². The molecule has 0 saturated carbocycles. The van der Waals surface area contributed by atoms with Crippen LogP contribution < -0.4 is 0 Å². The summed E-state index contributed by atoms with van der Waals surface area (Å²) in [5.74, 6) is -0.211. The quantitative estimate of drug-likeness (QED) is 0.619. The van der Waals surface area contributed by atoms with Gasteiger partial charge < -0.3 is 4.74 Å². The van der Waals surface area contributed by atoms with Crippen LogP contribution in [-0.2, 0) is 4.74 Å². The average molecular weight is 310 g/mol. The molecule has 0 spiro atoms. The standard InChI is InChI=1S/C9H11IO2S/c1-5(2)12-9(11)8-7(10)6(3)4-13-8/h4-5H,1-3H3. The highest BCUT2D eigenvalue weighted by molar-refractivity contribution is 14.1. The van der Waals surface area contributed by atoms with Gasteiger partial charge in [-0.3, -0.25) is 0 Å². The molecule has 0 aliphatic rings. The van der Waals surface area contributed by atoms with Gasteiger partial charge in [0.2, 0.25) is 0 Å². The van der Waals surface area contributed by atoms with Crippen LogP contribution >= 0.6 is 33.9 Å². The van der Waals surface area contributed by atoms with Gasteiger partial charge >= 0.3 is 5.97 Å². The summed E-state index contributed by atoms with van der Waals surface area (Å²) in [6, 6.07) is 0. The zero-order chi connectivity index (χ0) is 10.0. The van der Waals surface area contributed by atoms with Gasteiger partial charge in [0, 0.05) is 3.57 Å². The van der Waals surface area contributed by atoms with E-state index in [1.807, 2.05) is 26.2 Å². The van der Waals surface area contributed by atoms with Crippen molar-refractivity contribution in [2.45, 2.75) is 26.9 Å². The highest BCUT2D eigenvalue weighted by atomic mass is 127. The van der Waals surface area contributed by atoms with E-state index in [1.165, 1.54) is 11.3 Å². The highest BCUT2D eigenvalue weighted by Crippen LogP contribution is 2.24. The molecule has 0 bridgehead atoms. The molecular weight excluding hydrogens is 299 g/mol. The summed E-state index contributed by atoms with van der Waals surface area (Å²) in [5, 5.41) is 1.97. The van der Waals surface area contributed by atoms with E-state index in [4.69, 9.17) is 4.74 Å². The first kappa shape index (κ1) is 11.0. The van der Waals surface area contributed by atoms with Crippen molar-refractivity contribution < 1.29 is 9.53 Å². The van der Waals surface area contributed by atoms with E-state index in [1.54, 1.807) is 0 Å². The number of rotatable bonds is 2. The normalized spacial score (nSPS) is 10.5. The Hall–Kier alpha value is -0.100. The van der Waals surface area contributed by atoms with E-state index in [-0.39, 0.29) is 12.1 Å². The van der Waals surface area contributed by atoms with Crippen molar-refractivity contribution in [3.05, 3.63) is 19.4 Å². The third-order valence-corrected chi connectivity index (χ3v) is 4.26. The van der Waals surface area contributed by atoms with E-state index >= 15 is 0 Å². The molecule has 0 N–H and O–H groups in total. The molecule has 0 atom stereocenters. The fraction of sp³-hybridized carbons (Fsp3) is 0.444. The molecule has 0 fully saturated rings. The number of halogens is 1. The average Bonchev–Trinajstić information content (AvgIpc) is 2.31. The van der Waals surface area contributed by atoms with Crippen LogP contribution in [-0.4, -0.2) is 12.1 Å². The van der Waals surface area contributed by atoms with Crippen molar-refractivity contribution >= 4 is 39.9 Å². The fourth-order valence-corrected chi connectivity index (χ4v) is 2.63. The van der Waals surface area contributed by atoms with E-state index in [0.29, 0.717) is 4.88 Å². The van der Waals surface area contributed by atoms with Gasteiger partial charge in [0.05, 0.1) is 6.10 Å². The Labute approximate surface area is 95.4 Å². The molecule has 1 aromatic heterocycles. The predicted molar refractivity (Wildman–Crippen MR) is 62.3 cm³/mol. The summed E-state index contributed by atoms with van der Waals surface area (Å²) in [5.41, 5.74) is 1.14. The number of ether oxygens (including phenoxy) is 1. The van der Waals surface area contributed by atoms with Gasteiger partial charge in [0.1, 0.15) is 4.88 Å². The minimum absolute atomic E-state index is 0.0503. The Morgan fingerprint density at radius 1 is 1.62 bits per heavy atom. The molecule has 1 aromatic rings. The third kappa shape index (κ3) is 2.67. The first-order valence-electron chi connectivity index (χ1n) is 3.97. The Morgan fingerprint density at radius 3 is 2.62 bits per heavy atom. The maximum Gasteiger partial charge on any atom is 0.349 e. The number of esters is 1. The number of thiophene rings is 1. The van der Waals surface area contributed by atoms with Crippen LogP contribution in [0.25, 0.3) is 0 Å². The van der Waals surface area contributed by atoms with Gasteiger partial charge in [-0.05, 0) is 54.3 Å². The summed E-state index contributed by atoms with van der Waals surface area (Å²) >= 11 is 3.62. The number of hydrogen-bond acceptors (Lipinski definition) is 3. The van der Waals surface area contributed by atoms with Gasteiger partial charge in [-0.1, -0.05) is 0 Å². The molecule has 0 amide bonds. The van der Waals surface area contributed by atoms with Crippen LogP contribution in [0.5, 0.6) is 0 Å². The summed E-state index contributed by atoms with van der Waals surface area (Å²) < 4.78 is 6.10. The predicted octanol–water partition coefficient (Wildman–Crippen LogP) is 3.23. The molecule has 0 saturated heterocycles. The molecule has 1 rings (SSSR count). The molecule has 2 nitrogen and oxygen atoms in total. The van der Waals surface area contributed by atoms with Gasteiger partial charge in [0.15, 0.2) is 0 Å². The van der Waals surface area contributed by atoms with Crippen molar-refractivity contribution in [3.63, 3.8) is 0 Å². The van der Waals surface area contributed by atoms with Crippen LogP contribution in [0.1, 0.15) is 29.1 Å². The first-order chi connectivity index (χ1) is 6.02. The Kier molecular flexibility index (Phi) is 3.73. The monoisotopic (exact) mass is 310 g/mol. The van der Waals surface area contributed by atoms with Crippen molar-refractivity contribution in [1.29, 1.82) is 0 Å². The molecule has 13 heavy (non-hydrogen) atoms. The maximum absolute atomic E-state index is 11.5. The minimum Gasteiger partial charge on any atom is -0.459 e. The van der Waals surface area contributed by atoms with Crippen LogP contribution in [0.4, 0.5) is 0 Å². The highest BCUT2D eigenvalue weighted by Gasteiger charge is 2.16. The second-order valence-electron chi connectivity index (χ2n) is 3.02. The Bertz CT molecular complexity index is 317. The Balaban J connectivity index is 2.83. The Morgan fingerprint density at radius 2 is 2.23 bits per heavy atom. The third-order valence-electron chi connectivity index (χ3n) is 1.43. The minimum atomic E-state index is -0.211. The first-order valence-corrected chi connectivity index (χ1v) is 5.92. The molecule has 0 unspecified atom stereocenters. The van der Waals surface area contributed by atoms with E-state index in [2.05, 4.69) is 22.6 Å². The van der Waals surface area contributed by atoms with Crippen molar-refractivity contribution in [1.82, 2.24) is 0 Å². The molecule has 0 aliphatic carbocycles. The van der Waals surface area contributed by atoms with Gasteiger partial charge in [0.25, 0.3) is 0 Å². The van der Waals surface area contributed by atoms with Crippen molar-refractivity contribution in [2.75, 3.05) is 0 Å². The zero-order valence-corrected chi connectivity index (χ0v) is 10.7. The van der Waals surface area contributed by atoms with E-state index in [9.17, 15) is 4.79 Å². The molecule has 0 radical (unpaired) electrons. The molecule has 0 aromatic carbocycles. The molecule has 72 valence electrons. The zero-order valence-electron chi connectivity index (χ0n) is 7.76. The summed E-state index contributed by atoms with van der Waals surface area (Å²) in [6.45, 7) is 5.70. The van der Waals surface area contributed by atoms with Crippen LogP contribution in [0.3, 0.4) is 0 Å². The van der Waals surface area contributed by atoms with Crippen LogP contribution in [0, 0.1) is 10.5 Å². The second-order valence-corrected chi connectivity index (χ2v) is 4.97. The van der Waals surface area contributed by atoms with Crippen LogP contribution in [0.15, 0.2) is 5.38 Å². The number of aryl methyl sites for hydroxylation is 1. The lowest BCUT2D eigenvalue weighted by molar-refractivity contribution is 0.0382. The van der Waals surface area contributed by atoms with Gasteiger partial charge in [-0.15, -0.1) is 11.3 Å². The maximum atomic E-state index is 11.5. The van der Waals surface area contributed by atoms with E-state index < -0.39 is 0 Å². The summed E-state index contributed by atoms with van der Waals surface area (Å²) in [6.07, 6.45) is -0.0503. The topological polar surface area (TPSA) is 26.3 Å². The largest absolute Gasteiger partial charge is 0.459 e. The molecular formula is C9H11IO2S. The number of carbonyl (C=O) groups excluding carboxylic acids is 1. The number of carbonyl (C=O) groups is 1. The summed E-state index contributed by atoms with van der Waals surface area (Å²) in [4.78, 5) is 12.2.